The van der Waals surface area contributed by atoms with Crippen molar-refractivity contribution >= 4 is 34.7 Å². The average Bonchev–Trinajstić information content (AvgIpc) is 3.20. The van der Waals surface area contributed by atoms with Gasteiger partial charge in [-0.15, -0.1) is 0 Å². The van der Waals surface area contributed by atoms with Gasteiger partial charge in [-0.3, -0.25) is 19.5 Å². The number of nitrogens with zero attached hydrogens (tertiary/aromatic N) is 2. The third kappa shape index (κ3) is 4.66. The van der Waals surface area contributed by atoms with E-state index < -0.39 is 17.7 Å². The standard InChI is InChI=1S/C31H25ClN2O4/c1-19-17-22(14-15-26(19)38-18-21-9-4-3-5-10-21)29(35)27-28(24-12-6-7-16-33-24)34(31(37)30(27)36)25-13-8-11-23(32)20(25)2/h3-17,28,35H,18H2,1-2H3/b29-27+. The summed E-state index contributed by atoms with van der Waals surface area (Å²) in [5.41, 5.74) is 3.75. The molecular formula is C31H25ClN2O4. The number of aliphatic hydroxyl groups excluding tert-OH is 1. The van der Waals surface area contributed by atoms with Crippen molar-refractivity contribution in [3.05, 3.63) is 130 Å². The summed E-state index contributed by atoms with van der Waals surface area (Å²) < 4.78 is 5.96. The van der Waals surface area contributed by atoms with Crippen molar-refractivity contribution in [2.45, 2.75) is 26.5 Å². The molecule has 1 aliphatic rings. The predicted molar refractivity (Wildman–Crippen MR) is 147 cm³/mol. The van der Waals surface area contributed by atoms with Crippen LogP contribution in [0.1, 0.15) is 34.0 Å². The molecule has 1 aliphatic heterocycles. The van der Waals surface area contributed by atoms with E-state index in [1.54, 1.807) is 67.7 Å². The highest BCUT2D eigenvalue weighted by atomic mass is 35.5. The third-order valence-corrected chi connectivity index (χ3v) is 7.01. The largest absolute Gasteiger partial charge is 0.507 e. The van der Waals surface area contributed by atoms with E-state index in [1.807, 2.05) is 37.3 Å². The van der Waals surface area contributed by atoms with Gasteiger partial charge < -0.3 is 9.84 Å². The first-order valence-electron chi connectivity index (χ1n) is 12.1. The normalized spacial score (nSPS) is 16.6. The summed E-state index contributed by atoms with van der Waals surface area (Å²) in [7, 11) is 0. The minimum atomic E-state index is -0.928. The average molecular weight is 525 g/mol. The van der Waals surface area contributed by atoms with Crippen molar-refractivity contribution in [3.63, 3.8) is 0 Å². The van der Waals surface area contributed by atoms with Crippen LogP contribution in [0, 0.1) is 13.8 Å². The van der Waals surface area contributed by atoms with Crippen LogP contribution in [0.5, 0.6) is 5.75 Å². The number of carbonyl (C=O) groups excluding carboxylic acids is 2. The minimum Gasteiger partial charge on any atom is -0.507 e. The number of Topliss-reactive ketones (excluding diaryl/α,β-unsaturated/α-hetero) is 1. The summed E-state index contributed by atoms with van der Waals surface area (Å²) in [6.45, 7) is 4.04. The number of anilines is 1. The molecule has 6 nitrogen and oxygen atoms in total. The lowest BCUT2D eigenvalue weighted by molar-refractivity contribution is -0.132. The summed E-state index contributed by atoms with van der Waals surface area (Å²) in [4.78, 5) is 32.6. The number of ether oxygens (including phenoxy) is 1. The van der Waals surface area contributed by atoms with E-state index in [2.05, 4.69) is 4.98 Å². The van der Waals surface area contributed by atoms with Gasteiger partial charge in [-0.2, -0.15) is 0 Å². The molecule has 0 aliphatic carbocycles. The minimum absolute atomic E-state index is 0.0366. The molecule has 0 bridgehead atoms. The lowest BCUT2D eigenvalue weighted by Gasteiger charge is -2.26. The van der Waals surface area contributed by atoms with Crippen LogP contribution in [0.4, 0.5) is 5.69 Å². The number of carbonyl (C=O) groups is 2. The van der Waals surface area contributed by atoms with Crippen LogP contribution >= 0.6 is 11.6 Å². The number of aliphatic hydroxyl groups is 1. The Labute approximate surface area is 225 Å². The lowest BCUT2D eigenvalue weighted by atomic mass is 9.97. The number of amides is 1. The Morgan fingerprint density at radius 3 is 2.45 bits per heavy atom. The molecule has 1 unspecified atom stereocenters. The first kappa shape index (κ1) is 25.2. The van der Waals surface area contributed by atoms with Crippen molar-refractivity contribution < 1.29 is 19.4 Å². The second kappa shape index (κ2) is 10.5. The van der Waals surface area contributed by atoms with E-state index in [4.69, 9.17) is 16.3 Å². The van der Waals surface area contributed by atoms with E-state index in [-0.39, 0.29) is 11.3 Å². The van der Waals surface area contributed by atoms with Gasteiger partial charge in [0.1, 0.15) is 24.2 Å². The zero-order valence-corrected chi connectivity index (χ0v) is 21.6. The maximum Gasteiger partial charge on any atom is 0.300 e. The molecule has 0 radical (unpaired) electrons. The number of aromatic nitrogens is 1. The zero-order chi connectivity index (χ0) is 26.8. The Kier molecular flexibility index (Phi) is 6.99. The van der Waals surface area contributed by atoms with Crippen LogP contribution < -0.4 is 9.64 Å². The Balaban J connectivity index is 1.57. The maximum absolute atomic E-state index is 13.4. The van der Waals surface area contributed by atoms with Gasteiger partial charge in [0, 0.05) is 22.5 Å². The molecule has 0 spiro atoms. The van der Waals surface area contributed by atoms with Gasteiger partial charge in [0.05, 0.1) is 11.3 Å². The Hall–Kier alpha value is -4.42. The molecule has 0 saturated carbocycles. The highest BCUT2D eigenvalue weighted by molar-refractivity contribution is 6.52. The monoisotopic (exact) mass is 524 g/mol. The number of halogens is 1. The third-order valence-electron chi connectivity index (χ3n) is 6.60. The summed E-state index contributed by atoms with van der Waals surface area (Å²) in [5.74, 6) is -1.17. The second-order valence-electron chi connectivity index (χ2n) is 9.06. The van der Waals surface area contributed by atoms with Crippen LogP contribution in [0.25, 0.3) is 5.76 Å². The van der Waals surface area contributed by atoms with Gasteiger partial charge in [-0.1, -0.05) is 54.1 Å². The lowest BCUT2D eigenvalue weighted by Crippen LogP contribution is -2.30. The van der Waals surface area contributed by atoms with Gasteiger partial charge in [0.25, 0.3) is 11.7 Å². The Morgan fingerprint density at radius 1 is 0.974 bits per heavy atom. The molecule has 3 aromatic carbocycles. The van der Waals surface area contributed by atoms with Gasteiger partial charge in [0.15, 0.2) is 0 Å². The van der Waals surface area contributed by atoms with Crippen LogP contribution in [-0.4, -0.2) is 21.8 Å². The van der Waals surface area contributed by atoms with Crippen LogP contribution in [0.2, 0.25) is 5.02 Å². The SMILES string of the molecule is Cc1cc(/C(O)=C2\C(=O)C(=O)N(c3cccc(Cl)c3C)C2c2ccccn2)ccc1OCc1ccccc1. The number of hydrogen-bond donors (Lipinski definition) is 1. The molecule has 190 valence electrons. The molecule has 1 aromatic heterocycles. The summed E-state index contributed by atoms with van der Waals surface area (Å²) in [6, 6.07) is 24.5. The summed E-state index contributed by atoms with van der Waals surface area (Å²) in [6.07, 6.45) is 1.59. The number of benzene rings is 3. The van der Waals surface area contributed by atoms with E-state index in [0.29, 0.717) is 39.9 Å². The van der Waals surface area contributed by atoms with Crippen LogP contribution in [0.3, 0.4) is 0 Å². The number of pyridine rings is 1. The first-order chi connectivity index (χ1) is 18.4. The number of hydrogen-bond acceptors (Lipinski definition) is 5. The number of aryl methyl sites for hydroxylation is 1. The quantitative estimate of drug-likeness (QED) is 0.175. The highest BCUT2D eigenvalue weighted by Crippen LogP contribution is 2.43. The first-order valence-corrected chi connectivity index (χ1v) is 12.5. The summed E-state index contributed by atoms with van der Waals surface area (Å²) >= 11 is 6.35. The Morgan fingerprint density at radius 2 is 1.74 bits per heavy atom. The topological polar surface area (TPSA) is 79.7 Å². The number of ketones is 1. The van der Waals surface area contributed by atoms with Gasteiger partial charge in [-0.05, 0) is 73.0 Å². The molecule has 1 fully saturated rings. The molecule has 1 atom stereocenters. The molecule has 1 saturated heterocycles. The van der Waals surface area contributed by atoms with Crippen molar-refractivity contribution in [3.8, 4) is 5.75 Å². The van der Waals surface area contributed by atoms with Crippen molar-refractivity contribution in [1.82, 2.24) is 4.98 Å². The molecule has 4 aromatic rings. The van der Waals surface area contributed by atoms with Crippen LogP contribution in [-0.2, 0) is 16.2 Å². The molecule has 2 heterocycles. The van der Waals surface area contributed by atoms with Crippen molar-refractivity contribution in [2.24, 2.45) is 0 Å². The maximum atomic E-state index is 13.4. The van der Waals surface area contributed by atoms with E-state index in [0.717, 1.165) is 11.1 Å². The van der Waals surface area contributed by atoms with E-state index in [9.17, 15) is 14.7 Å². The molecule has 38 heavy (non-hydrogen) atoms. The van der Waals surface area contributed by atoms with Gasteiger partial charge in [0.2, 0.25) is 0 Å². The number of rotatable bonds is 6. The predicted octanol–water partition coefficient (Wildman–Crippen LogP) is 6.56. The fourth-order valence-corrected chi connectivity index (χ4v) is 4.77. The van der Waals surface area contributed by atoms with Crippen LogP contribution in [0.15, 0.2) is 96.7 Å². The molecular weight excluding hydrogens is 500 g/mol. The summed E-state index contributed by atoms with van der Waals surface area (Å²) in [5, 5.41) is 11.9. The van der Waals surface area contributed by atoms with E-state index >= 15 is 0 Å². The van der Waals surface area contributed by atoms with Crippen molar-refractivity contribution in [2.75, 3.05) is 4.90 Å². The molecule has 5 rings (SSSR count). The Bertz CT molecular complexity index is 1550. The molecule has 1 amide bonds. The zero-order valence-electron chi connectivity index (χ0n) is 20.9. The smallest absolute Gasteiger partial charge is 0.300 e. The fourth-order valence-electron chi connectivity index (χ4n) is 4.61. The molecule has 1 N–H and O–H groups in total. The van der Waals surface area contributed by atoms with Gasteiger partial charge in [-0.25, -0.2) is 0 Å². The van der Waals surface area contributed by atoms with E-state index in [1.165, 1.54) is 4.90 Å². The highest BCUT2D eigenvalue weighted by Gasteiger charge is 2.48. The second-order valence-corrected chi connectivity index (χ2v) is 9.47. The van der Waals surface area contributed by atoms with Gasteiger partial charge >= 0.3 is 0 Å². The molecule has 7 heteroatoms. The van der Waals surface area contributed by atoms with Crippen molar-refractivity contribution in [1.29, 1.82) is 0 Å². The fraction of sp³-hybridized carbons (Fsp3) is 0.129.